The van der Waals surface area contributed by atoms with Crippen molar-refractivity contribution in [3.05, 3.63) is 102 Å². The molecule has 9 heteroatoms. The summed E-state index contributed by atoms with van der Waals surface area (Å²) >= 11 is 1.27. The van der Waals surface area contributed by atoms with E-state index in [0.29, 0.717) is 33.7 Å². The number of hydrogen-bond acceptors (Lipinski definition) is 6. The van der Waals surface area contributed by atoms with Crippen LogP contribution in [-0.2, 0) is 14.8 Å². The molecule has 0 spiro atoms. The van der Waals surface area contributed by atoms with E-state index in [4.69, 9.17) is 14.5 Å². The molecule has 5 rings (SSSR count). The minimum atomic E-state index is -3.77. The van der Waals surface area contributed by atoms with Crippen molar-refractivity contribution < 1.29 is 17.6 Å². The van der Waals surface area contributed by atoms with E-state index < -0.39 is 10.0 Å². The fraction of sp³-hybridized carbons (Fsp3) is 0.0370. The fourth-order valence-electron chi connectivity index (χ4n) is 3.81. The van der Waals surface area contributed by atoms with Gasteiger partial charge in [-0.2, -0.15) is 0 Å². The van der Waals surface area contributed by atoms with Crippen LogP contribution in [0.5, 0.6) is 0 Å². The Morgan fingerprint density at radius 2 is 1.75 bits per heavy atom. The Balaban J connectivity index is 1.45. The third-order valence-electron chi connectivity index (χ3n) is 5.55. The first-order chi connectivity index (χ1) is 17.3. The SMILES string of the molecule is C=CCN1C(=O)/C(=C/c2ccc(-c3ccc(S(N)(=O)=O)cc3)o2)SC1=Nc1cccc2ccccc12. The second-order valence-electron chi connectivity index (χ2n) is 7.98. The number of amides is 1. The molecule has 1 amide bonds. The lowest BCUT2D eigenvalue weighted by molar-refractivity contribution is -0.121. The second-order valence-corrected chi connectivity index (χ2v) is 10.5. The fourth-order valence-corrected chi connectivity index (χ4v) is 5.31. The molecule has 180 valence electrons. The van der Waals surface area contributed by atoms with Gasteiger partial charge in [0.15, 0.2) is 5.17 Å². The summed E-state index contributed by atoms with van der Waals surface area (Å²) in [7, 11) is -3.77. The molecule has 1 aliphatic heterocycles. The van der Waals surface area contributed by atoms with Gasteiger partial charge in [0.1, 0.15) is 11.5 Å². The highest BCUT2D eigenvalue weighted by Crippen LogP contribution is 2.36. The van der Waals surface area contributed by atoms with E-state index in [9.17, 15) is 13.2 Å². The van der Waals surface area contributed by atoms with Gasteiger partial charge in [-0.15, -0.1) is 6.58 Å². The summed E-state index contributed by atoms with van der Waals surface area (Å²) in [5.74, 6) is 0.835. The molecule has 0 radical (unpaired) electrons. The van der Waals surface area contributed by atoms with Gasteiger partial charge in [0.25, 0.3) is 5.91 Å². The van der Waals surface area contributed by atoms with Crippen LogP contribution in [0.1, 0.15) is 5.76 Å². The largest absolute Gasteiger partial charge is 0.457 e. The molecular formula is C27H21N3O4S2. The van der Waals surface area contributed by atoms with Gasteiger partial charge in [0, 0.05) is 23.6 Å². The molecule has 4 aromatic rings. The molecule has 36 heavy (non-hydrogen) atoms. The molecule has 1 aromatic heterocycles. The molecule has 1 fully saturated rings. The Morgan fingerprint density at radius 3 is 2.50 bits per heavy atom. The lowest BCUT2D eigenvalue weighted by atomic mass is 10.1. The average Bonchev–Trinajstić information content (AvgIpc) is 3.45. The number of carbonyl (C=O) groups is 1. The number of fused-ring (bicyclic) bond motifs is 1. The molecule has 0 aliphatic carbocycles. The predicted octanol–water partition coefficient (Wildman–Crippen LogP) is 5.54. The van der Waals surface area contributed by atoms with E-state index in [1.54, 1.807) is 41.3 Å². The summed E-state index contributed by atoms with van der Waals surface area (Å²) in [5.41, 5.74) is 1.46. The monoisotopic (exact) mass is 515 g/mol. The molecule has 1 saturated heterocycles. The standard InChI is InChI=1S/C27H21N3O4S2/c1-2-16-30-26(31)25(35-27(30)29-23-9-5-7-18-6-3-4-8-22(18)23)17-20-12-15-24(34-20)19-10-13-21(14-11-19)36(28,32)33/h2-15,17H,1,16H2,(H2,28,32,33)/b25-17-,29-27?. The highest BCUT2D eigenvalue weighted by Gasteiger charge is 2.33. The third kappa shape index (κ3) is 4.76. The number of thioether (sulfide) groups is 1. The van der Waals surface area contributed by atoms with Gasteiger partial charge in [-0.25, -0.2) is 18.5 Å². The number of sulfonamides is 1. The van der Waals surface area contributed by atoms with Gasteiger partial charge in [0.2, 0.25) is 10.0 Å². The molecule has 3 aromatic carbocycles. The van der Waals surface area contributed by atoms with Gasteiger partial charge >= 0.3 is 0 Å². The first-order valence-electron chi connectivity index (χ1n) is 11.0. The second kappa shape index (κ2) is 9.62. The molecule has 0 unspecified atom stereocenters. The van der Waals surface area contributed by atoms with Gasteiger partial charge < -0.3 is 4.42 Å². The first-order valence-corrected chi connectivity index (χ1v) is 13.3. The normalized spacial score (nSPS) is 16.4. The summed E-state index contributed by atoms with van der Waals surface area (Å²) in [6.45, 7) is 4.10. The van der Waals surface area contributed by atoms with Gasteiger partial charge in [-0.1, -0.05) is 42.5 Å². The van der Waals surface area contributed by atoms with E-state index in [1.165, 1.54) is 23.9 Å². The van der Waals surface area contributed by atoms with E-state index in [0.717, 1.165) is 16.5 Å². The van der Waals surface area contributed by atoms with Crippen LogP contribution in [0.15, 0.2) is 111 Å². The Morgan fingerprint density at radius 1 is 1.00 bits per heavy atom. The van der Waals surface area contributed by atoms with Gasteiger partial charge in [-0.05, 0) is 59.6 Å². The molecule has 0 bridgehead atoms. The highest BCUT2D eigenvalue weighted by molar-refractivity contribution is 8.18. The minimum absolute atomic E-state index is 0.0217. The number of carbonyl (C=O) groups excluding carboxylic acids is 1. The van der Waals surface area contributed by atoms with E-state index >= 15 is 0 Å². The van der Waals surface area contributed by atoms with E-state index in [1.807, 2.05) is 42.5 Å². The van der Waals surface area contributed by atoms with Crippen molar-refractivity contribution in [1.29, 1.82) is 0 Å². The van der Waals surface area contributed by atoms with Crippen molar-refractivity contribution in [1.82, 2.24) is 4.90 Å². The first kappa shape index (κ1) is 23.8. The van der Waals surface area contributed by atoms with Crippen LogP contribution >= 0.6 is 11.8 Å². The maximum Gasteiger partial charge on any atom is 0.267 e. The van der Waals surface area contributed by atoms with Crippen LogP contribution in [-0.4, -0.2) is 30.9 Å². The highest BCUT2D eigenvalue weighted by atomic mass is 32.2. The van der Waals surface area contributed by atoms with Gasteiger partial charge in [0.05, 0.1) is 15.5 Å². The number of benzene rings is 3. The van der Waals surface area contributed by atoms with Crippen molar-refractivity contribution in [2.24, 2.45) is 10.1 Å². The zero-order valence-electron chi connectivity index (χ0n) is 19.0. The Hall–Kier alpha value is -3.92. The van der Waals surface area contributed by atoms with Crippen LogP contribution in [0.2, 0.25) is 0 Å². The lowest BCUT2D eigenvalue weighted by Gasteiger charge is -2.13. The van der Waals surface area contributed by atoms with Crippen LogP contribution in [0, 0.1) is 0 Å². The maximum atomic E-state index is 13.2. The number of rotatable bonds is 6. The number of primary sulfonamides is 1. The average molecular weight is 516 g/mol. The third-order valence-corrected chi connectivity index (χ3v) is 7.49. The van der Waals surface area contributed by atoms with Gasteiger partial charge in [-0.3, -0.25) is 9.69 Å². The number of nitrogens with two attached hydrogens (primary N) is 1. The van der Waals surface area contributed by atoms with Crippen molar-refractivity contribution in [3.63, 3.8) is 0 Å². The van der Waals surface area contributed by atoms with Crippen LogP contribution in [0.25, 0.3) is 28.2 Å². The van der Waals surface area contributed by atoms with Crippen molar-refractivity contribution in [2.75, 3.05) is 6.54 Å². The smallest absolute Gasteiger partial charge is 0.267 e. The zero-order chi connectivity index (χ0) is 25.3. The predicted molar refractivity (Wildman–Crippen MR) is 144 cm³/mol. The minimum Gasteiger partial charge on any atom is -0.457 e. The molecule has 0 atom stereocenters. The zero-order valence-corrected chi connectivity index (χ0v) is 20.6. The van der Waals surface area contributed by atoms with Crippen LogP contribution < -0.4 is 5.14 Å². The molecular weight excluding hydrogens is 494 g/mol. The molecule has 0 saturated carbocycles. The van der Waals surface area contributed by atoms with Crippen LogP contribution in [0.3, 0.4) is 0 Å². The Bertz CT molecular complexity index is 1650. The van der Waals surface area contributed by atoms with Crippen molar-refractivity contribution in [3.8, 4) is 11.3 Å². The summed E-state index contributed by atoms with van der Waals surface area (Å²) in [4.78, 5) is 20.1. The number of hydrogen-bond donors (Lipinski definition) is 1. The van der Waals surface area contributed by atoms with E-state index in [-0.39, 0.29) is 10.8 Å². The summed E-state index contributed by atoms with van der Waals surface area (Å²) in [5, 5.41) is 7.79. The Kier molecular flexibility index (Phi) is 6.36. The lowest BCUT2D eigenvalue weighted by Crippen LogP contribution is -2.29. The van der Waals surface area contributed by atoms with Crippen LogP contribution in [0.4, 0.5) is 5.69 Å². The molecule has 2 N–H and O–H groups in total. The summed E-state index contributed by atoms with van der Waals surface area (Å²) < 4.78 is 28.9. The Labute approximate surface area is 212 Å². The topological polar surface area (TPSA) is 106 Å². The quantitative estimate of drug-likeness (QED) is 0.268. The summed E-state index contributed by atoms with van der Waals surface area (Å²) in [6.07, 6.45) is 3.34. The number of amidine groups is 1. The van der Waals surface area contributed by atoms with Crippen molar-refractivity contribution in [2.45, 2.75) is 4.90 Å². The molecule has 7 nitrogen and oxygen atoms in total. The molecule has 2 heterocycles. The number of aliphatic imine (C=N–C) groups is 1. The summed E-state index contributed by atoms with van der Waals surface area (Å²) in [6, 6.07) is 23.4. The number of nitrogens with zero attached hydrogens (tertiary/aromatic N) is 2. The molecule has 1 aliphatic rings. The van der Waals surface area contributed by atoms with Crippen molar-refractivity contribution >= 4 is 55.4 Å². The number of furan rings is 1. The van der Waals surface area contributed by atoms with E-state index in [2.05, 4.69) is 6.58 Å². The maximum absolute atomic E-state index is 13.2.